The molecule has 4 rings (SSSR count). The number of aromatic nitrogens is 3. The van der Waals surface area contributed by atoms with Crippen LogP contribution >= 0.6 is 23.3 Å². The van der Waals surface area contributed by atoms with Crippen LogP contribution in [0.1, 0.15) is 11.3 Å². The van der Waals surface area contributed by atoms with Crippen LogP contribution in [-0.4, -0.2) is 32.9 Å². The van der Waals surface area contributed by atoms with Gasteiger partial charge in [-0.3, -0.25) is 14.3 Å². The van der Waals surface area contributed by atoms with Crippen molar-refractivity contribution in [3.05, 3.63) is 44.2 Å². The molecule has 3 aromatic rings. The normalized spacial score (nSPS) is 17.2. The Bertz CT molecular complexity index is 1290. The molecule has 1 aliphatic rings. The highest BCUT2D eigenvalue weighted by molar-refractivity contribution is 7.99. The number of benzene rings is 1. The van der Waals surface area contributed by atoms with Crippen molar-refractivity contribution in [3.63, 3.8) is 0 Å². The maximum Gasteiger partial charge on any atom is 0.434 e. The first-order valence-corrected chi connectivity index (χ1v) is 10.3. The topological polar surface area (TPSA) is 77.0 Å². The van der Waals surface area contributed by atoms with Crippen LogP contribution in [0.25, 0.3) is 21.3 Å². The molecular formula is C17H11F6N3O3S2. The lowest BCUT2D eigenvalue weighted by atomic mass is 10.0. The summed E-state index contributed by atoms with van der Waals surface area (Å²) in [4.78, 5) is 26.2. The third kappa shape index (κ3) is 3.76. The summed E-state index contributed by atoms with van der Waals surface area (Å²) in [5.74, 6) is 0.111. The molecule has 0 spiro atoms. The smallest absolute Gasteiger partial charge is 0.379 e. The fourth-order valence-electron chi connectivity index (χ4n) is 3.31. The Hall–Kier alpha value is -2.32. The molecule has 0 bridgehead atoms. The van der Waals surface area contributed by atoms with E-state index in [0.29, 0.717) is 12.1 Å². The Morgan fingerprint density at radius 2 is 1.87 bits per heavy atom. The van der Waals surface area contributed by atoms with Gasteiger partial charge in [-0.05, 0) is 23.7 Å². The third-order valence-electron chi connectivity index (χ3n) is 4.72. The van der Waals surface area contributed by atoms with Gasteiger partial charge >= 0.3 is 18.0 Å². The van der Waals surface area contributed by atoms with Crippen LogP contribution in [0.3, 0.4) is 0 Å². The van der Waals surface area contributed by atoms with Crippen LogP contribution in [-0.2, 0) is 23.6 Å². The van der Waals surface area contributed by atoms with E-state index in [4.69, 9.17) is 4.74 Å². The van der Waals surface area contributed by atoms with Crippen LogP contribution in [0.2, 0.25) is 0 Å². The summed E-state index contributed by atoms with van der Waals surface area (Å²) in [6, 6.07) is 1.09. The minimum atomic E-state index is -4.98. The van der Waals surface area contributed by atoms with E-state index in [2.05, 4.69) is 4.37 Å². The number of ether oxygens (including phenoxy) is 1. The fourth-order valence-corrected chi connectivity index (χ4v) is 5.51. The van der Waals surface area contributed by atoms with Crippen molar-refractivity contribution in [2.24, 2.45) is 0 Å². The molecule has 2 aromatic heterocycles. The number of rotatable bonds is 2. The van der Waals surface area contributed by atoms with Gasteiger partial charge in [-0.25, -0.2) is 4.79 Å². The zero-order valence-electron chi connectivity index (χ0n) is 15.3. The van der Waals surface area contributed by atoms with Crippen molar-refractivity contribution in [1.82, 2.24) is 13.9 Å². The molecule has 0 aliphatic carbocycles. The summed E-state index contributed by atoms with van der Waals surface area (Å²) in [6.07, 6.45) is -10.4. The molecule has 3 heterocycles. The highest BCUT2D eigenvalue weighted by Gasteiger charge is 2.40. The van der Waals surface area contributed by atoms with Gasteiger partial charge < -0.3 is 4.74 Å². The maximum atomic E-state index is 13.9. The number of hydrogen-bond donors (Lipinski definition) is 1. The minimum absolute atomic E-state index is 0.0517. The molecule has 1 aromatic carbocycles. The predicted octanol–water partition coefficient (Wildman–Crippen LogP) is 3.97. The van der Waals surface area contributed by atoms with Gasteiger partial charge in [0.2, 0.25) is 0 Å². The van der Waals surface area contributed by atoms with Gasteiger partial charge in [-0.15, -0.1) is 11.8 Å². The van der Waals surface area contributed by atoms with Gasteiger partial charge in [-0.1, -0.05) is 0 Å². The lowest BCUT2D eigenvalue weighted by Crippen LogP contribution is -2.34. The number of H-pyrrole nitrogens is 1. The number of halogens is 6. The van der Waals surface area contributed by atoms with E-state index in [0.717, 1.165) is 16.3 Å². The van der Waals surface area contributed by atoms with E-state index in [9.17, 15) is 35.9 Å². The predicted molar refractivity (Wildman–Crippen MR) is 101 cm³/mol. The van der Waals surface area contributed by atoms with Crippen molar-refractivity contribution in [2.45, 2.75) is 29.9 Å². The molecule has 1 N–H and O–H groups in total. The highest BCUT2D eigenvalue weighted by Crippen LogP contribution is 2.48. The highest BCUT2D eigenvalue weighted by atomic mass is 32.2. The SMILES string of the molecule is CO[C@@H]1CSc2c(-c3cc(C(F)(F)F)ns3)c(C(F)(F)F)cc3c(=O)[nH]c(=O)n(c23)C1. The molecule has 0 amide bonds. The van der Waals surface area contributed by atoms with Gasteiger partial charge in [0.1, 0.15) is 0 Å². The molecule has 0 radical (unpaired) electrons. The maximum absolute atomic E-state index is 13.9. The summed E-state index contributed by atoms with van der Waals surface area (Å²) in [7, 11) is 1.36. The molecular weight excluding hydrogens is 472 g/mol. The average Bonchev–Trinajstić information content (AvgIpc) is 3.07. The molecule has 6 nitrogen and oxygen atoms in total. The number of alkyl halides is 6. The van der Waals surface area contributed by atoms with Gasteiger partial charge in [0.15, 0.2) is 5.69 Å². The molecule has 31 heavy (non-hydrogen) atoms. The van der Waals surface area contributed by atoms with Gasteiger partial charge in [0.05, 0.1) is 34.0 Å². The van der Waals surface area contributed by atoms with Crippen LogP contribution in [0, 0.1) is 0 Å². The van der Waals surface area contributed by atoms with Crippen molar-refractivity contribution >= 4 is 34.2 Å². The van der Waals surface area contributed by atoms with E-state index < -0.39 is 51.9 Å². The zero-order valence-corrected chi connectivity index (χ0v) is 17.0. The fraction of sp³-hybridized carbons (Fsp3) is 0.353. The summed E-state index contributed by atoms with van der Waals surface area (Å²) in [6.45, 7) is -0.0517. The van der Waals surface area contributed by atoms with Gasteiger partial charge in [0.25, 0.3) is 5.56 Å². The van der Waals surface area contributed by atoms with Crippen molar-refractivity contribution in [1.29, 1.82) is 0 Å². The van der Waals surface area contributed by atoms with Crippen molar-refractivity contribution in [3.8, 4) is 10.4 Å². The first kappa shape index (κ1) is 21.9. The lowest BCUT2D eigenvalue weighted by Gasteiger charge is -2.18. The number of nitrogens with zero attached hydrogens (tertiary/aromatic N) is 2. The minimum Gasteiger partial charge on any atom is -0.379 e. The van der Waals surface area contributed by atoms with E-state index in [-0.39, 0.29) is 39.1 Å². The van der Waals surface area contributed by atoms with Gasteiger partial charge in [0, 0.05) is 23.3 Å². The largest absolute Gasteiger partial charge is 0.434 e. The molecule has 0 saturated heterocycles. The Balaban J connectivity index is 2.15. The second kappa shape index (κ2) is 7.38. The quantitative estimate of drug-likeness (QED) is 0.559. The summed E-state index contributed by atoms with van der Waals surface area (Å²) in [5.41, 5.74) is -5.12. The lowest BCUT2D eigenvalue weighted by molar-refractivity contribution is -0.140. The Kier molecular flexibility index (Phi) is 5.21. The van der Waals surface area contributed by atoms with E-state index in [1.165, 1.54) is 7.11 Å². The first-order chi connectivity index (χ1) is 14.4. The van der Waals surface area contributed by atoms with E-state index in [1.54, 1.807) is 0 Å². The van der Waals surface area contributed by atoms with Crippen molar-refractivity contribution in [2.75, 3.05) is 12.9 Å². The zero-order chi connectivity index (χ0) is 22.7. The number of aromatic amines is 1. The van der Waals surface area contributed by atoms with Crippen LogP contribution < -0.4 is 11.2 Å². The molecule has 166 valence electrons. The number of hydrogen-bond acceptors (Lipinski definition) is 6. The summed E-state index contributed by atoms with van der Waals surface area (Å²) in [5, 5.41) is -0.393. The second-order valence-electron chi connectivity index (χ2n) is 6.63. The van der Waals surface area contributed by atoms with E-state index in [1.807, 2.05) is 4.98 Å². The molecule has 0 saturated carbocycles. The van der Waals surface area contributed by atoms with Crippen LogP contribution in [0.5, 0.6) is 0 Å². The monoisotopic (exact) mass is 483 g/mol. The number of thioether (sulfide) groups is 1. The standard InChI is InChI=1S/C17H11F6N3O3S2/c1-29-6-4-26-12-7(14(27)24-15(26)28)2-8(16(18,19)20)11(13(12)30-5-6)9-3-10(25-31-9)17(21,22)23/h2-3,6H,4-5H2,1H3,(H,24,27,28)/t6-/m0/s1. The molecule has 1 aliphatic heterocycles. The summed E-state index contributed by atoms with van der Waals surface area (Å²) >= 11 is 1.14. The van der Waals surface area contributed by atoms with Crippen LogP contribution in [0.4, 0.5) is 26.3 Å². The van der Waals surface area contributed by atoms with Crippen LogP contribution in [0.15, 0.2) is 26.6 Å². The Morgan fingerprint density at radius 3 is 2.45 bits per heavy atom. The van der Waals surface area contributed by atoms with E-state index >= 15 is 0 Å². The first-order valence-electron chi connectivity index (χ1n) is 8.52. The Morgan fingerprint density at radius 1 is 1.16 bits per heavy atom. The third-order valence-corrected chi connectivity index (χ3v) is 6.75. The second-order valence-corrected chi connectivity index (χ2v) is 8.47. The Labute approximate surface area is 177 Å². The molecule has 14 heteroatoms. The summed E-state index contributed by atoms with van der Waals surface area (Å²) < 4.78 is 90.5. The average molecular weight is 483 g/mol. The number of methoxy groups -OCH3 is 1. The molecule has 0 unspecified atom stereocenters. The number of nitrogens with one attached hydrogen (secondary N) is 1. The molecule has 0 fully saturated rings. The van der Waals surface area contributed by atoms with Crippen molar-refractivity contribution < 1.29 is 31.1 Å². The van der Waals surface area contributed by atoms with Gasteiger partial charge in [-0.2, -0.15) is 30.7 Å². The molecule has 1 atom stereocenters.